The number of benzene rings is 1. The summed E-state index contributed by atoms with van der Waals surface area (Å²) in [6, 6.07) is 4.33. The van der Waals surface area contributed by atoms with Crippen LogP contribution >= 0.6 is 0 Å². The van der Waals surface area contributed by atoms with Gasteiger partial charge in [-0.15, -0.1) is 0 Å². The van der Waals surface area contributed by atoms with Crippen LogP contribution in [0.2, 0.25) is 0 Å². The van der Waals surface area contributed by atoms with E-state index in [1.54, 1.807) is 19.0 Å². The van der Waals surface area contributed by atoms with Crippen LogP contribution in [0.1, 0.15) is 12.5 Å². The molecule has 0 aliphatic carbocycles. The smallest absolute Gasteiger partial charge is 0.270 e. The van der Waals surface area contributed by atoms with E-state index in [1.807, 2.05) is 6.92 Å². The highest BCUT2D eigenvalue weighted by Gasteiger charge is 2.13. The third-order valence-electron chi connectivity index (χ3n) is 2.87. The van der Waals surface area contributed by atoms with Crippen LogP contribution in [0.3, 0.4) is 0 Å². The molecule has 7 nitrogen and oxygen atoms in total. The number of ether oxygens (including phenoxy) is 1. The van der Waals surface area contributed by atoms with Gasteiger partial charge in [0.15, 0.2) is 6.61 Å². The quantitative estimate of drug-likeness (QED) is 0.599. The summed E-state index contributed by atoms with van der Waals surface area (Å²) in [5.41, 5.74) is 0.647. The van der Waals surface area contributed by atoms with Crippen molar-refractivity contribution in [3.8, 4) is 5.75 Å². The lowest BCUT2D eigenvalue weighted by molar-refractivity contribution is -0.384. The highest BCUT2D eigenvalue weighted by atomic mass is 16.6. The average Bonchev–Trinajstić information content (AvgIpc) is 2.44. The van der Waals surface area contributed by atoms with Gasteiger partial charge in [-0.05, 0) is 20.0 Å². The number of amides is 1. The molecule has 7 heteroatoms. The second-order valence-corrected chi connectivity index (χ2v) is 4.28. The van der Waals surface area contributed by atoms with Gasteiger partial charge in [0.1, 0.15) is 5.75 Å². The Kier molecular flexibility index (Phi) is 5.92. The van der Waals surface area contributed by atoms with Gasteiger partial charge in [-0.3, -0.25) is 14.9 Å². The molecule has 0 atom stereocenters. The lowest BCUT2D eigenvalue weighted by atomic mass is 10.1. The van der Waals surface area contributed by atoms with E-state index in [1.165, 1.54) is 18.2 Å². The molecule has 0 aliphatic heterocycles. The van der Waals surface area contributed by atoms with Gasteiger partial charge in [0.2, 0.25) is 0 Å². The summed E-state index contributed by atoms with van der Waals surface area (Å²) in [5.74, 6) is 0.337. The van der Waals surface area contributed by atoms with E-state index in [9.17, 15) is 14.9 Å². The first kappa shape index (κ1) is 15.9. The topological polar surface area (TPSA) is 84.7 Å². The van der Waals surface area contributed by atoms with Crippen molar-refractivity contribution < 1.29 is 14.5 Å². The van der Waals surface area contributed by atoms with Gasteiger partial charge in [-0.25, -0.2) is 0 Å². The molecule has 1 N–H and O–H groups in total. The molecule has 1 rings (SSSR count). The predicted octanol–water partition coefficient (Wildman–Crippen LogP) is 1.17. The first-order valence-corrected chi connectivity index (χ1v) is 6.28. The third kappa shape index (κ3) is 4.20. The molecule has 1 aromatic rings. The molecule has 1 amide bonds. The molecular weight excluding hydrogens is 262 g/mol. The molecule has 0 aromatic heterocycles. The number of carbonyl (C=O) groups is 1. The summed E-state index contributed by atoms with van der Waals surface area (Å²) in [6.45, 7) is 2.82. The molecule has 0 saturated carbocycles. The van der Waals surface area contributed by atoms with Crippen molar-refractivity contribution in [3.05, 3.63) is 33.9 Å². The van der Waals surface area contributed by atoms with E-state index in [4.69, 9.17) is 4.74 Å². The van der Waals surface area contributed by atoms with Crippen molar-refractivity contribution in [2.24, 2.45) is 0 Å². The zero-order valence-electron chi connectivity index (χ0n) is 11.9. The van der Waals surface area contributed by atoms with Crippen molar-refractivity contribution in [3.63, 3.8) is 0 Å². The summed E-state index contributed by atoms with van der Waals surface area (Å²) in [6.07, 6.45) is 0. The molecule has 0 heterocycles. The second kappa shape index (κ2) is 7.44. The van der Waals surface area contributed by atoms with Crippen molar-refractivity contribution in [2.75, 3.05) is 27.2 Å². The molecule has 1 aromatic carbocycles. The van der Waals surface area contributed by atoms with Gasteiger partial charge in [0, 0.05) is 37.8 Å². The maximum Gasteiger partial charge on any atom is 0.270 e. The standard InChI is InChI=1S/C13H19N3O4/c1-4-15(3)13(17)9-20-12-6-5-11(16(18)19)7-10(12)8-14-2/h5-7,14H,4,8-9H2,1-3H3. The summed E-state index contributed by atoms with van der Waals surface area (Å²) in [5, 5.41) is 13.7. The summed E-state index contributed by atoms with van der Waals surface area (Å²) >= 11 is 0. The van der Waals surface area contributed by atoms with Crippen molar-refractivity contribution in [1.82, 2.24) is 10.2 Å². The van der Waals surface area contributed by atoms with Gasteiger partial charge < -0.3 is 15.0 Å². The molecule has 0 bridgehead atoms. The number of nitro benzene ring substituents is 1. The van der Waals surface area contributed by atoms with Crippen LogP contribution in [0.15, 0.2) is 18.2 Å². The number of carbonyl (C=O) groups excluding carboxylic acids is 1. The Bertz CT molecular complexity index is 491. The second-order valence-electron chi connectivity index (χ2n) is 4.28. The number of hydrogen-bond acceptors (Lipinski definition) is 5. The van der Waals surface area contributed by atoms with Crippen molar-refractivity contribution in [2.45, 2.75) is 13.5 Å². The lowest BCUT2D eigenvalue weighted by Crippen LogP contribution is -2.31. The number of non-ortho nitro benzene ring substituents is 1. The molecule has 0 aliphatic rings. The summed E-state index contributed by atoms with van der Waals surface area (Å²) in [7, 11) is 3.43. The molecule has 0 saturated heterocycles. The van der Waals surface area contributed by atoms with E-state index >= 15 is 0 Å². The fourth-order valence-corrected chi connectivity index (χ4v) is 1.57. The Labute approximate surface area is 117 Å². The van der Waals surface area contributed by atoms with Gasteiger partial charge in [0.05, 0.1) is 4.92 Å². The minimum absolute atomic E-state index is 0.000368. The molecule has 0 unspecified atom stereocenters. The van der Waals surface area contributed by atoms with Crippen molar-refractivity contribution >= 4 is 11.6 Å². The molecular formula is C13H19N3O4. The van der Waals surface area contributed by atoms with Crippen LogP contribution in [0.4, 0.5) is 5.69 Å². The zero-order chi connectivity index (χ0) is 15.1. The van der Waals surface area contributed by atoms with Crippen LogP contribution in [0, 0.1) is 10.1 Å². The fourth-order valence-electron chi connectivity index (χ4n) is 1.57. The Balaban J connectivity index is 2.83. The SMILES string of the molecule is CCN(C)C(=O)COc1ccc([N+](=O)[O-])cc1CNC. The van der Waals surface area contributed by atoms with Crippen LogP contribution in [-0.2, 0) is 11.3 Å². The first-order chi connectivity index (χ1) is 9.49. The number of nitrogens with zero attached hydrogens (tertiary/aromatic N) is 2. The number of hydrogen-bond donors (Lipinski definition) is 1. The van der Waals surface area contributed by atoms with Gasteiger partial charge in [-0.2, -0.15) is 0 Å². The highest BCUT2D eigenvalue weighted by molar-refractivity contribution is 5.77. The van der Waals surface area contributed by atoms with Crippen LogP contribution < -0.4 is 10.1 Å². The largest absolute Gasteiger partial charge is 0.483 e. The monoisotopic (exact) mass is 281 g/mol. The molecule has 0 fully saturated rings. The Morgan fingerprint density at radius 1 is 1.50 bits per heavy atom. The number of likely N-dealkylation sites (N-methyl/N-ethyl adjacent to an activating group) is 1. The minimum atomic E-state index is -0.459. The van der Waals surface area contributed by atoms with Crippen LogP contribution in [0.5, 0.6) is 5.75 Å². The first-order valence-electron chi connectivity index (χ1n) is 6.28. The number of nitro groups is 1. The fraction of sp³-hybridized carbons (Fsp3) is 0.462. The Morgan fingerprint density at radius 2 is 2.20 bits per heavy atom. The van der Waals surface area contributed by atoms with E-state index in [0.717, 1.165) is 0 Å². The molecule has 0 radical (unpaired) electrons. The van der Waals surface area contributed by atoms with Crippen molar-refractivity contribution in [1.29, 1.82) is 0 Å². The van der Waals surface area contributed by atoms with E-state index in [0.29, 0.717) is 24.4 Å². The molecule has 110 valence electrons. The van der Waals surface area contributed by atoms with Gasteiger partial charge in [0.25, 0.3) is 11.6 Å². The highest BCUT2D eigenvalue weighted by Crippen LogP contribution is 2.24. The number of rotatable bonds is 7. The third-order valence-corrected chi connectivity index (χ3v) is 2.87. The Hall–Kier alpha value is -2.15. The van der Waals surface area contributed by atoms with Crippen LogP contribution in [0.25, 0.3) is 0 Å². The molecule has 20 heavy (non-hydrogen) atoms. The van der Waals surface area contributed by atoms with Gasteiger partial charge >= 0.3 is 0 Å². The lowest BCUT2D eigenvalue weighted by Gasteiger charge is -2.16. The zero-order valence-corrected chi connectivity index (χ0v) is 11.9. The van der Waals surface area contributed by atoms with E-state index in [2.05, 4.69) is 5.32 Å². The average molecular weight is 281 g/mol. The molecule has 0 spiro atoms. The van der Waals surface area contributed by atoms with E-state index < -0.39 is 4.92 Å². The number of nitrogens with one attached hydrogen (secondary N) is 1. The van der Waals surface area contributed by atoms with Gasteiger partial charge in [-0.1, -0.05) is 0 Å². The predicted molar refractivity (Wildman–Crippen MR) is 74.7 cm³/mol. The van der Waals surface area contributed by atoms with Crippen LogP contribution in [-0.4, -0.2) is 43.0 Å². The Morgan fingerprint density at radius 3 is 2.75 bits per heavy atom. The normalized spacial score (nSPS) is 10.2. The maximum absolute atomic E-state index is 11.7. The maximum atomic E-state index is 11.7. The van der Waals surface area contributed by atoms with E-state index in [-0.39, 0.29) is 18.2 Å². The summed E-state index contributed by atoms with van der Waals surface area (Å²) in [4.78, 5) is 23.5. The summed E-state index contributed by atoms with van der Waals surface area (Å²) < 4.78 is 5.46. The minimum Gasteiger partial charge on any atom is -0.483 e.